The number of halogens is 3. The molecule has 4 nitrogen and oxygen atoms in total. The number of nitrogens with two attached hydrogens (primary N) is 1. The lowest BCUT2D eigenvalue weighted by Crippen LogP contribution is -2.32. The van der Waals surface area contributed by atoms with E-state index in [-0.39, 0.29) is 15.2 Å². The number of anilines is 1. The number of nitrogen functional groups attached to an aromatic ring is 1. The zero-order valence-corrected chi connectivity index (χ0v) is 13.2. The van der Waals surface area contributed by atoms with Gasteiger partial charge in [-0.15, -0.1) is 6.58 Å². The molecule has 0 aliphatic rings. The average Bonchev–Trinajstić information content (AvgIpc) is 2.30. The van der Waals surface area contributed by atoms with E-state index in [9.17, 15) is 12.8 Å². The Hall–Kier alpha value is -0.630. The van der Waals surface area contributed by atoms with Crippen molar-refractivity contribution in [3.8, 4) is 0 Å². The van der Waals surface area contributed by atoms with Crippen molar-refractivity contribution >= 4 is 43.2 Å². The van der Waals surface area contributed by atoms with E-state index in [4.69, 9.17) is 17.3 Å². The highest BCUT2D eigenvalue weighted by atomic mass is 79.9. The van der Waals surface area contributed by atoms with Crippen LogP contribution >= 0.6 is 27.5 Å². The Bertz CT molecular complexity index is 607. The van der Waals surface area contributed by atoms with Gasteiger partial charge < -0.3 is 5.73 Å². The first-order valence-electron chi connectivity index (χ1n) is 5.27. The molecule has 0 heterocycles. The maximum atomic E-state index is 13.9. The lowest BCUT2D eigenvalue weighted by Gasteiger charge is -2.14. The highest BCUT2D eigenvalue weighted by Gasteiger charge is 2.25. The second kappa shape index (κ2) is 6.21. The molecule has 3 N–H and O–H groups in total. The van der Waals surface area contributed by atoms with Crippen LogP contribution in [0, 0.1) is 5.82 Å². The number of rotatable bonds is 5. The molecule has 8 heteroatoms. The van der Waals surface area contributed by atoms with Crippen LogP contribution in [0.15, 0.2) is 28.1 Å². The minimum atomic E-state index is -4.03. The summed E-state index contributed by atoms with van der Waals surface area (Å²) in [6, 6.07) is 0.603. The monoisotopic (exact) mass is 370 g/mol. The van der Waals surface area contributed by atoms with Gasteiger partial charge in [0.15, 0.2) is 5.82 Å². The van der Waals surface area contributed by atoms with Crippen LogP contribution in [0.5, 0.6) is 0 Å². The summed E-state index contributed by atoms with van der Waals surface area (Å²) in [7, 11) is -4.03. The third-order valence-corrected chi connectivity index (χ3v) is 5.29. The standard InChI is InChI=1S/C11H13BrClFN2O2S/c1-3-4-6(2)16-19(17,18)8-5-7(13)9(12)11(15)10(8)14/h3,5-6,16H,1,4,15H2,2H3. The van der Waals surface area contributed by atoms with Crippen molar-refractivity contribution in [3.05, 3.63) is 34.0 Å². The maximum Gasteiger partial charge on any atom is 0.243 e. The highest BCUT2D eigenvalue weighted by molar-refractivity contribution is 9.10. The third kappa shape index (κ3) is 3.68. The summed E-state index contributed by atoms with van der Waals surface area (Å²) in [5, 5.41) is 0.0237. The molecular weight excluding hydrogens is 359 g/mol. The van der Waals surface area contributed by atoms with Crippen molar-refractivity contribution < 1.29 is 12.8 Å². The maximum absolute atomic E-state index is 13.9. The molecule has 1 rings (SSSR count). The molecule has 106 valence electrons. The molecule has 1 aromatic carbocycles. The van der Waals surface area contributed by atoms with Crippen molar-refractivity contribution in [1.29, 1.82) is 0 Å². The molecule has 0 amide bonds. The van der Waals surface area contributed by atoms with E-state index in [0.717, 1.165) is 6.07 Å². The predicted molar refractivity (Wildman–Crippen MR) is 78.1 cm³/mol. The quantitative estimate of drug-likeness (QED) is 0.475. The van der Waals surface area contributed by atoms with Gasteiger partial charge in [-0.25, -0.2) is 17.5 Å². The number of nitrogens with one attached hydrogen (secondary N) is 1. The summed E-state index contributed by atoms with van der Waals surface area (Å²) in [6.07, 6.45) is 1.98. The number of benzene rings is 1. The van der Waals surface area contributed by atoms with Gasteiger partial charge in [0.1, 0.15) is 4.90 Å². The Morgan fingerprint density at radius 3 is 2.79 bits per heavy atom. The Labute approximate surface area is 125 Å². The molecule has 0 radical (unpaired) electrons. The van der Waals surface area contributed by atoms with Crippen molar-refractivity contribution in [3.63, 3.8) is 0 Å². The first-order valence-corrected chi connectivity index (χ1v) is 7.92. The predicted octanol–water partition coefficient (Wildman–Crippen LogP) is 3.07. The number of hydrogen-bond donors (Lipinski definition) is 2. The Kier molecular flexibility index (Phi) is 5.37. The van der Waals surface area contributed by atoms with Crippen molar-refractivity contribution in [1.82, 2.24) is 4.72 Å². The lowest BCUT2D eigenvalue weighted by molar-refractivity contribution is 0.545. The van der Waals surface area contributed by atoms with Crippen LogP contribution < -0.4 is 10.5 Å². The molecule has 0 aliphatic carbocycles. The zero-order chi connectivity index (χ0) is 14.8. The molecular formula is C11H13BrClFN2O2S. The average molecular weight is 372 g/mol. The zero-order valence-electron chi connectivity index (χ0n) is 10.1. The van der Waals surface area contributed by atoms with Crippen LogP contribution in [0.2, 0.25) is 5.02 Å². The molecule has 0 saturated carbocycles. The van der Waals surface area contributed by atoms with Crippen LogP contribution in [-0.2, 0) is 10.0 Å². The molecule has 0 saturated heterocycles. The molecule has 0 aliphatic heterocycles. The third-order valence-electron chi connectivity index (χ3n) is 2.32. The minimum absolute atomic E-state index is 0.0237. The number of sulfonamides is 1. The van der Waals surface area contributed by atoms with E-state index in [2.05, 4.69) is 27.2 Å². The summed E-state index contributed by atoms with van der Waals surface area (Å²) >= 11 is 8.77. The van der Waals surface area contributed by atoms with Crippen LogP contribution in [0.25, 0.3) is 0 Å². The largest absolute Gasteiger partial charge is 0.395 e. The van der Waals surface area contributed by atoms with E-state index in [1.54, 1.807) is 13.0 Å². The van der Waals surface area contributed by atoms with E-state index < -0.39 is 26.8 Å². The Morgan fingerprint density at radius 1 is 1.68 bits per heavy atom. The molecule has 0 bridgehead atoms. The van der Waals surface area contributed by atoms with Gasteiger partial charge in [-0.3, -0.25) is 0 Å². The number of hydrogen-bond acceptors (Lipinski definition) is 3. The van der Waals surface area contributed by atoms with E-state index in [1.807, 2.05) is 0 Å². The van der Waals surface area contributed by atoms with Crippen molar-refractivity contribution in [2.45, 2.75) is 24.3 Å². The fraction of sp³-hybridized carbons (Fsp3) is 0.273. The lowest BCUT2D eigenvalue weighted by atomic mass is 10.3. The summed E-state index contributed by atoms with van der Waals surface area (Å²) < 4.78 is 40.4. The van der Waals surface area contributed by atoms with Gasteiger partial charge in [0.25, 0.3) is 0 Å². The van der Waals surface area contributed by atoms with Gasteiger partial charge in [-0.2, -0.15) is 0 Å². The van der Waals surface area contributed by atoms with Crippen molar-refractivity contribution in [2.24, 2.45) is 0 Å². The molecule has 0 fully saturated rings. The van der Waals surface area contributed by atoms with Gasteiger partial charge in [0, 0.05) is 6.04 Å². The van der Waals surface area contributed by atoms with Gasteiger partial charge in [0.2, 0.25) is 10.0 Å². The smallest absolute Gasteiger partial charge is 0.243 e. The van der Waals surface area contributed by atoms with Crippen LogP contribution in [-0.4, -0.2) is 14.5 Å². The van der Waals surface area contributed by atoms with Gasteiger partial charge in [0.05, 0.1) is 15.2 Å². The van der Waals surface area contributed by atoms with Gasteiger partial charge in [-0.05, 0) is 35.3 Å². The molecule has 19 heavy (non-hydrogen) atoms. The molecule has 0 spiro atoms. The summed E-state index contributed by atoms with van der Waals surface area (Å²) in [6.45, 7) is 5.14. The van der Waals surface area contributed by atoms with Crippen LogP contribution in [0.3, 0.4) is 0 Å². The Morgan fingerprint density at radius 2 is 2.26 bits per heavy atom. The van der Waals surface area contributed by atoms with Gasteiger partial charge in [-0.1, -0.05) is 17.7 Å². The van der Waals surface area contributed by atoms with Crippen LogP contribution in [0.4, 0.5) is 10.1 Å². The van der Waals surface area contributed by atoms with E-state index >= 15 is 0 Å². The topological polar surface area (TPSA) is 72.2 Å². The van der Waals surface area contributed by atoms with Crippen LogP contribution in [0.1, 0.15) is 13.3 Å². The second-order valence-electron chi connectivity index (χ2n) is 3.94. The first-order chi connectivity index (χ1) is 8.70. The van der Waals surface area contributed by atoms with Crippen molar-refractivity contribution in [2.75, 3.05) is 5.73 Å². The first kappa shape index (κ1) is 16.4. The molecule has 1 atom stereocenters. The highest BCUT2D eigenvalue weighted by Crippen LogP contribution is 2.34. The minimum Gasteiger partial charge on any atom is -0.395 e. The van der Waals surface area contributed by atoms with E-state index in [1.165, 1.54) is 0 Å². The molecule has 1 unspecified atom stereocenters. The fourth-order valence-electron chi connectivity index (χ4n) is 1.42. The summed E-state index contributed by atoms with van der Waals surface area (Å²) in [5.41, 5.74) is 5.11. The molecule has 1 aromatic rings. The van der Waals surface area contributed by atoms with E-state index in [0.29, 0.717) is 6.42 Å². The van der Waals surface area contributed by atoms with Gasteiger partial charge >= 0.3 is 0 Å². The summed E-state index contributed by atoms with van der Waals surface area (Å²) in [5.74, 6) is -1.03. The SMILES string of the molecule is C=CCC(C)NS(=O)(=O)c1cc(Cl)c(Br)c(N)c1F. The molecule has 0 aromatic heterocycles. The fourth-order valence-corrected chi connectivity index (χ4v) is 3.36. The summed E-state index contributed by atoms with van der Waals surface area (Å²) in [4.78, 5) is -0.575. The normalized spacial score (nSPS) is 13.3. The second-order valence-corrected chi connectivity index (χ2v) is 6.83. The Balaban J connectivity index is 3.26.